The molecule has 0 saturated heterocycles. The third-order valence-electron chi connectivity index (χ3n) is 4.78. The second kappa shape index (κ2) is 7.75. The van der Waals surface area contributed by atoms with Gasteiger partial charge >= 0.3 is 6.18 Å². The van der Waals surface area contributed by atoms with Gasteiger partial charge in [0.1, 0.15) is 11.6 Å². The molecule has 1 amide bonds. The highest BCUT2D eigenvalue weighted by atomic mass is 19.4. The van der Waals surface area contributed by atoms with Crippen LogP contribution in [0, 0.1) is 0 Å². The van der Waals surface area contributed by atoms with Gasteiger partial charge in [-0.3, -0.25) is 14.5 Å². The number of ether oxygens (including phenoxy) is 1. The molecule has 158 valence electrons. The molecule has 0 atom stereocenters. The van der Waals surface area contributed by atoms with Crippen molar-refractivity contribution < 1.29 is 22.7 Å². The van der Waals surface area contributed by atoms with Crippen molar-refractivity contribution in [3.8, 4) is 16.9 Å². The second-order valence-electron chi connectivity index (χ2n) is 6.82. The van der Waals surface area contributed by atoms with Gasteiger partial charge in [0, 0.05) is 41.4 Å². The number of benzene rings is 2. The lowest BCUT2D eigenvalue weighted by Crippen LogP contribution is -2.14. The summed E-state index contributed by atoms with van der Waals surface area (Å²) in [4.78, 5) is 17.0. The number of carbonyl (C=O) groups is 1. The third kappa shape index (κ3) is 4.07. The van der Waals surface area contributed by atoms with Crippen LogP contribution in [0.25, 0.3) is 22.0 Å². The van der Waals surface area contributed by atoms with Crippen LogP contribution >= 0.6 is 0 Å². The van der Waals surface area contributed by atoms with E-state index in [-0.39, 0.29) is 11.4 Å². The largest absolute Gasteiger partial charge is 0.496 e. The van der Waals surface area contributed by atoms with Crippen molar-refractivity contribution in [3.05, 3.63) is 72.1 Å². The number of nitrogens with one attached hydrogen (secondary N) is 1. The van der Waals surface area contributed by atoms with E-state index in [2.05, 4.69) is 15.4 Å². The average Bonchev–Trinajstić information content (AvgIpc) is 3.13. The summed E-state index contributed by atoms with van der Waals surface area (Å²) in [5, 5.41) is 6.64. The van der Waals surface area contributed by atoms with Gasteiger partial charge in [-0.1, -0.05) is 24.3 Å². The highest BCUT2D eigenvalue weighted by Gasteiger charge is 2.34. The fourth-order valence-electron chi connectivity index (χ4n) is 3.20. The first-order valence-corrected chi connectivity index (χ1v) is 9.22. The highest BCUT2D eigenvalue weighted by molar-refractivity contribution is 6.06. The molecule has 0 radical (unpaired) electrons. The van der Waals surface area contributed by atoms with Gasteiger partial charge in [0.15, 0.2) is 5.69 Å². The van der Waals surface area contributed by atoms with Gasteiger partial charge in [-0.15, -0.1) is 0 Å². The van der Waals surface area contributed by atoms with Gasteiger partial charge in [-0.25, -0.2) is 0 Å². The zero-order valence-electron chi connectivity index (χ0n) is 16.6. The van der Waals surface area contributed by atoms with Crippen LogP contribution in [0.3, 0.4) is 0 Å². The number of para-hydroxylation sites is 1. The number of fused-ring (bicyclic) bond motifs is 1. The SMILES string of the molecule is COc1ccccc1-c1cnc2cc(C(=O)Nc3cc(C(F)(F)F)nn3C)ccc2c1. The van der Waals surface area contributed by atoms with Gasteiger partial charge < -0.3 is 10.1 Å². The molecule has 0 aliphatic carbocycles. The Morgan fingerprint density at radius 1 is 1.10 bits per heavy atom. The third-order valence-corrected chi connectivity index (χ3v) is 4.78. The van der Waals surface area contributed by atoms with E-state index < -0.39 is 17.8 Å². The van der Waals surface area contributed by atoms with Gasteiger partial charge in [0.05, 0.1) is 12.6 Å². The molecule has 0 unspecified atom stereocenters. The average molecular weight is 426 g/mol. The first kappa shape index (κ1) is 20.4. The molecule has 6 nitrogen and oxygen atoms in total. The molecule has 2 aromatic carbocycles. The quantitative estimate of drug-likeness (QED) is 0.503. The molecule has 0 aliphatic heterocycles. The van der Waals surface area contributed by atoms with Crippen molar-refractivity contribution in [1.82, 2.24) is 14.8 Å². The number of nitrogens with zero attached hydrogens (tertiary/aromatic N) is 3. The number of rotatable bonds is 4. The number of hydrogen-bond donors (Lipinski definition) is 1. The van der Waals surface area contributed by atoms with Crippen LogP contribution in [-0.4, -0.2) is 27.8 Å². The Labute approximate surface area is 175 Å². The minimum Gasteiger partial charge on any atom is -0.496 e. The van der Waals surface area contributed by atoms with Crippen LogP contribution in [0.15, 0.2) is 60.8 Å². The predicted molar refractivity (Wildman–Crippen MR) is 110 cm³/mol. The van der Waals surface area contributed by atoms with E-state index in [1.165, 1.54) is 7.05 Å². The highest BCUT2D eigenvalue weighted by Crippen LogP contribution is 2.31. The molecule has 4 rings (SSSR count). The smallest absolute Gasteiger partial charge is 0.435 e. The lowest BCUT2D eigenvalue weighted by Gasteiger charge is -2.10. The first-order valence-electron chi connectivity index (χ1n) is 9.22. The Balaban J connectivity index is 1.61. The number of halogens is 3. The summed E-state index contributed by atoms with van der Waals surface area (Å²) >= 11 is 0. The van der Waals surface area contributed by atoms with Crippen LogP contribution in [0.2, 0.25) is 0 Å². The van der Waals surface area contributed by atoms with Crippen molar-refractivity contribution in [2.24, 2.45) is 7.05 Å². The standard InChI is InChI=1S/C22H17F3N4O2/c1-29-20(11-19(28-29)22(23,24)25)27-21(30)14-8-7-13-9-15(12-26-17(13)10-14)16-5-3-4-6-18(16)31-2/h3-12H,1-2H3,(H,27,30). The minimum absolute atomic E-state index is 0.0584. The van der Waals surface area contributed by atoms with E-state index >= 15 is 0 Å². The normalized spacial score (nSPS) is 11.5. The zero-order chi connectivity index (χ0) is 22.2. The summed E-state index contributed by atoms with van der Waals surface area (Å²) in [7, 11) is 2.92. The van der Waals surface area contributed by atoms with Crippen molar-refractivity contribution >= 4 is 22.6 Å². The molecule has 0 saturated carbocycles. The predicted octanol–water partition coefficient (Wildman–Crippen LogP) is 4.92. The molecule has 2 heterocycles. The maximum atomic E-state index is 12.8. The second-order valence-corrected chi connectivity index (χ2v) is 6.82. The van der Waals surface area contributed by atoms with Crippen LogP contribution in [0.4, 0.5) is 19.0 Å². The summed E-state index contributed by atoms with van der Waals surface area (Å²) in [6, 6.07) is 15.2. The number of methoxy groups -OCH3 is 1. The lowest BCUT2D eigenvalue weighted by atomic mass is 10.0. The monoisotopic (exact) mass is 426 g/mol. The molecule has 9 heteroatoms. The maximum Gasteiger partial charge on any atom is 0.435 e. The Hall–Kier alpha value is -3.88. The molecule has 0 aliphatic rings. The number of alkyl halides is 3. The lowest BCUT2D eigenvalue weighted by molar-refractivity contribution is -0.141. The van der Waals surface area contributed by atoms with Gasteiger partial charge in [0.25, 0.3) is 5.91 Å². The molecule has 2 aromatic heterocycles. The fraction of sp³-hybridized carbons (Fsp3) is 0.136. The number of carbonyl (C=O) groups excluding carboxylic acids is 1. The molecule has 4 aromatic rings. The van der Waals surface area contributed by atoms with E-state index in [9.17, 15) is 18.0 Å². The van der Waals surface area contributed by atoms with Crippen LogP contribution < -0.4 is 10.1 Å². The minimum atomic E-state index is -4.59. The van der Waals surface area contributed by atoms with Crippen LogP contribution in [-0.2, 0) is 13.2 Å². The molecule has 0 fully saturated rings. The summed E-state index contributed by atoms with van der Waals surface area (Å²) in [6.45, 7) is 0. The van der Waals surface area contributed by atoms with E-state index in [1.807, 2.05) is 30.3 Å². The van der Waals surface area contributed by atoms with E-state index in [0.717, 1.165) is 27.3 Å². The van der Waals surface area contributed by atoms with Crippen molar-refractivity contribution in [1.29, 1.82) is 0 Å². The van der Waals surface area contributed by atoms with E-state index in [4.69, 9.17) is 4.74 Å². The number of aryl methyl sites for hydroxylation is 1. The number of aromatic nitrogens is 3. The summed E-state index contributed by atoms with van der Waals surface area (Å²) in [6.07, 6.45) is -2.91. The number of amides is 1. The Bertz CT molecular complexity index is 1280. The Morgan fingerprint density at radius 3 is 2.58 bits per heavy atom. The molecular formula is C22H17F3N4O2. The maximum absolute atomic E-state index is 12.8. The molecule has 0 bridgehead atoms. The van der Waals surface area contributed by atoms with E-state index in [0.29, 0.717) is 11.3 Å². The van der Waals surface area contributed by atoms with Crippen molar-refractivity contribution in [3.63, 3.8) is 0 Å². The Kier molecular flexibility index (Phi) is 5.10. The van der Waals surface area contributed by atoms with Gasteiger partial charge in [-0.05, 0) is 24.3 Å². The first-order chi connectivity index (χ1) is 14.8. The molecular weight excluding hydrogens is 409 g/mol. The fourth-order valence-corrected chi connectivity index (χ4v) is 3.20. The van der Waals surface area contributed by atoms with E-state index in [1.54, 1.807) is 31.5 Å². The number of pyridine rings is 1. The topological polar surface area (TPSA) is 69.0 Å². The molecule has 31 heavy (non-hydrogen) atoms. The zero-order valence-corrected chi connectivity index (χ0v) is 16.6. The summed E-state index contributed by atoms with van der Waals surface area (Å²) in [5.74, 6) is 0.0974. The summed E-state index contributed by atoms with van der Waals surface area (Å²) < 4.78 is 44.8. The summed E-state index contributed by atoms with van der Waals surface area (Å²) in [5.41, 5.74) is 1.51. The molecule has 1 N–H and O–H groups in total. The van der Waals surface area contributed by atoms with Crippen molar-refractivity contribution in [2.45, 2.75) is 6.18 Å². The van der Waals surface area contributed by atoms with Gasteiger partial charge in [0.2, 0.25) is 0 Å². The molecule has 0 spiro atoms. The van der Waals surface area contributed by atoms with Crippen LogP contribution in [0.5, 0.6) is 5.75 Å². The number of anilines is 1. The Morgan fingerprint density at radius 2 is 1.87 bits per heavy atom. The van der Waals surface area contributed by atoms with Crippen LogP contribution in [0.1, 0.15) is 16.1 Å². The van der Waals surface area contributed by atoms with Crippen molar-refractivity contribution in [2.75, 3.05) is 12.4 Å². The van der Waals surface area contributed by atoms with Gasteiger partial charge in [-0.2, -0.15) is 18.3 Å². The number of hydrogen-bond acceptors (Lipinski definition) is 4.